The lowest BCUT2D eigenvalue weighted by Crippen LogP contribution is -2.51. The number of amides is 1. The van der Waals surface area contributed by atoms with E-state index in [0.717, 1.165) is 19.4 Å². The lowest BCUT2D eigenvalue weighted by molar-refractivity contribution is -0.191. The van der Waals surface area contributed by atoms with Crippen molar-refractivity contribution in [2.45, 2.75) is 31.8 Å². The standard InChI is InChI=1S/C11H21N3O2/c1-9(15)14(16-4)11-6-5-10(7-12-2)13(3)8-11/h7,10-11H,5-6,8H2,1-4H3/t10-,11+/m0/s1. The molecule has 1 heterocycles. The molecule has 0 unspecified atom stereocenters. The van der Waals surface area contributed by atoms with Crippen molar-refractivity contribution < 1.29 is 9.63 Å². The molecule has 0 aromatic rings. The van der Waals surface area contributed by atoms with Crippen LogP contribution in [0.3, 0.4) is 0 Å². The molecule has 0 N–H and O–H groups in total. The fourth-order valence-electron chi connectivity index (χ4n) is 2.23. The molecule has 0 spiro atoms. The number of likely N-dealkylation sites (N-methyl/N-ethyl adjacent to an activating group) is 1. The first-order valence-corrected chi connectivity index (χ1v) is 5.56. The van der Waals surface area contributed by atoms with Gasteiger partial charge in [-0.25, -0.2) is 5.06 Å². The van der Waals surface area contributed by atoms with Crippen molar-refractivity contribution in [2.75, 3.05) is 27.7 Å². The highest BCUT2D eigenvalue weighted by atomic mass is 16.7. The summed E-state index contributed by atoms with van der Waals surface area (Å²) in [7, 11) is 5.38. The lowest BCUT2D eigenvalue weighted by Gasteiger charge is -2.39. The molecule has 1 saturated heterocycles. The Hall–Kier alpha value is -0.940. The van der Waals surface area contributed by atoms with E-state index in [9.17, 15) is 4.79 Å². The monoisotopic (exact) mass is 227 g/mol. The highest BCUT2D eigenvalue weighted by molar-refractivity contribution is 5.72. The van der Waals surface area contributed by atoms with Crippen LogP contribution in [0.1, 0.15) is 19.8 Å². The zero-order valence-electron chi connectivity index (χ0n) is 10.5. The summed E-state index contributed by atoms with van der Waals surface area (Å²) in [4.78, 5) is 22.7. The molecule has 5 nitrogen and oxygen atoms in total. The van der Waals surface area contributed by atoms with Gasteiger partial charge in [0.1, 0.15) is 0 Å². The Labute approximate surface area is 97.0 Å². The quantitative estimate of drug-likeness (QED) is 0.523. The molecule has 1 amide bonds. The molecule has 1 rings (SSSR count). The van der Waals surface area contributed by atoms with Gasteiger partial charge >= 0.3 is 0 Å². The molecule has 16 heavy (non-hydrogen) atoms. The van der Waals surface area contributed by atoms with Gasteiger partial charge in [0.05, 0.1) is 13.2 Å². The number of nitrogens with zero attached hydrogens (tertiary/aromatic N) is 3. The van der Waals surface area contributed by atoms with Gasteiger partial charge < -0.3 is 0 Å². The van der Waals surface area contributed by atoms with Gasteiger partial charge in [-0.3, -0.25) is 19.5 Å². The van der Waals surface area contributed by atoms with E-state index >= 15 is 0 Å². The van der Waals surface area contributed by atoms with Crippen molar-refractivity contribution in [3.63, 3.8) is 0 Å². The Morgan fingerprint density at radius 2 is 2.25 bits per heavy atom. The minimum Gasteiger partial charge on any atom is -0.299 e. The third-order valence-electron chi connectivity index (χ3n) is 3.02. The molecule has 0 radical (unpaired) electrons. The van der Waals surface area contributed by atoms with Crippen LogP contribution in [0, 0.1) is 0 Å². The third-order valence-corrected chi connectivity index (χ3v) is 3.02. The maximum atomic E-state index is 11.3. The summed E-state index contributed by atoms with van der Waals surface area (Å²) < 4.78 is 0. The van der Waals surface area contributed by atoms with Crippen molar-refractivity contribution in [1.82, 2.24) is 9.96 Å². The average molecular weight is 227 g/mol. The Balaban J connectivity index is 2.59. The summed E-state index contributed by atoms with van der Waals surface area (Å²) in [5.74, 6) is -0.0384. The first kappa shape index (κ1) is 13.1. The highest BCUT2D eigenvalue weighted by Gasteiger charge is 2.30. The van der Waals surface area contributed by atoms with Crippen molar-refractivity contribution in [3.8, 4) is 0 Å². The summed E-state index contributed by atoms with van der Waals surface area (Å²) >= 11 is 0. The Morgan fingerprint density at radius 3 is 2.69 bits per heavy atom. The molecular weight excluding hydrogens is 206 g/mol. The van der Waals surface area contributed by atoms with Crippen LogP contribution in [-0.4, -0.2) is 61.9 Å². The van der Waals surface area contributed by atoms with E-state index < -0.39 is 0 Å². The first-order chi connectivity index (χ1) is 7.60. The van der Waals surface area contributed by atoms with Gasteiger partial charge in [-0.05, 0) is 19.9 Å². The number of likely N-dealkylation sites (tertiary alicyclic amines) is 1. The molecule has 2 atom stereocenters. The summed E-state index contributed by atoms with van der Waals surface area (Å²) in [5.41, 5.74) is 0. The molecule has 1 aliphatic heterocycles. The molecule has 0 bridgehead atoms. The predicted octanol–water partition coefficient (Wildman–Crippen LogP) is 0.560. The Kier molecular flexibility index (Phi) is 4.89. The highest BCUT2D eigenvalue weighted by Crippen LogP contribution is 2.19. The lowest BCUT2D eigenvalue weighted by atomic mass is 9.99. The molecule has 5 heteroatoms. The first-order valence-electron chi connectivity index (χ1n) is 5.56. The molecule has 1 fully saturated rings. The minimum atomic E-state index is -0.0384. The molecular formula is C11H21N3O2. The smallest absolute Gasteiger partial charge is 0.243 e. The topological polar surface area (TPSA) is 45.1 Å². The summed E-state index contributed by atoms with van der Waals surface area (Å²) in [5, 5.41) is 1.47. The van der Waals surface area contributed by atoms with Crippen molar-refractivity contribution >= 4 is 12.1 Å². The zero-order chi connectivity index (χ0) is 12.1. The second-order valence-electron chi connectivity index (χ2n) is 4.17. The molecule has 0 saturated carbocycles. The number of rotatable bonds is 3. The van der Waals surface area contributed by atoms with E-state index in [0.29, 0.717) is 6.04 Å². The van der Waals surface area contributed by atoms with Crippen LogP contribution in [-0.2, 0) is 9.63 Å². The van der Waals surface area contributed by atoms with E-state index in [1.807, 2.05) is 13.3 Å². The fraction of sp³-hybridized carbons (Fsp3) is 0.818. The summed E-state index contributed by atoms with van der Waals surface area (Å²) in [6, 6.07) is 0.529. The van der Waals surface area contributed by atoms with Gasteiger partial charge in [0.15, 0.2) is 0 Å². The summed E-state index contributed by atoms with van der Waals surface area (Å²) in [6.07, 6.45) is 3.92. The number of aliphatic imine (C=N–C) groups is 1. The third kappa shape index (κ3) is 3.02. The fourth-order valence-corrected chi connectivity index (χ4v) is 2.23. The largest absolute Gasteiger partial charge is 0.299 e. The normalized spacial score (nSPS) is 27.2. The van der Waals surface area contributed by atoms with Crippen LogP contribution in [0.4, 0.5) is 0 Å². The van der Waals surface area contributed by atoms with Gasteiger partial charge in [0.25, 0.3) is 0 Å². The Bertz CT molecular complexity index is 268. The second kappa shape index (κ2) is 5.96. The molecule has 92 valence electrons. The number of hydroxylamine groups is 2. The number of carbonyl (C=O) groups is 1. The summed E-state index contributed by atoms with van der Waals surface area (Å²) in [6.45, 7) is 2.35. The SMILES string of the molecule is CN=C[C@@H]1CC[C@@H](N(OC)C(C)=O)CN1C. The van der Waals surface area contributed by atoms with E-state index in [4.69, 9.17) is 4.84 Å². The van der Waals surface area contributed by atoms with E-state index in [1.54, 1.807) is 14.2 Å². The Morgan fingerprint density at radius 1 is 1.56 bits per heavy atom. The number of piperidine rings is 1. The van der Waals surface area contributed by atoms with Gasteiger partial charge in [0.2, 0.25) is 5.91 Å². The minimum absolute atomic E-state index is 0.0384. The molecule has 0 aromatic heterocycles. The van der Waals surface area contributed by atoms with E-state index in [1.165, 1.54) is 12.0 Å². The molecule has 0 aliphatic carbocycles. The maximum Gasteiger partial charge on any atom is 0.243 e. The molecule has 0 aromatic carbocycles. The van der Waals surface area contributed by atoms with Gasteiger partial charge in [-0.15, -0.1) is 0 Å². The van der Waals surface area contributed by atoms with Gasteiger partial charge in [-0.2, -0.15) is 0 Å². The van der Waals surface area contributed by atoms with Gasteiger partial charge in [0, 0.05) is 32.8 Å². The van der Waals surface area contributed by atoms with Crippen molar-refractivity contribution in [2.24, 2.45) is 4.99 Å². The van der Waals surface area contributed by atoms with Crippen LogP contribution in [0.15, 0.2) is 4.99 Å². The number of hydrogen-bond acceptors (Lipinski definition) is 4. The number of carbonyl (C=O) groups excluding carboxylic acids is 1. The van der Waals surface area contributed by atoms with E-state index in [2.05, 4.69) is 9.89 Å². The molecule has 1 aliphatic rings. The predicted molar refractivity (Wildman–Crippen MR) is 63.4 cm³/mol. The van der Waals surface area contributed by atoms with Crippen molar-refractivity contribution in [3.05, 3.63) is 0 Å². The maximum absolute atomic E-state index is 11.3. The average Bonchev–Trinajstić information content (AvgIpc) is 2.22. The zero-order valence-corrected chi connectivity index (χ0v) is 10.5. The van der Waals surface area contributed by atoms with Crippen LogP contribution in [0.25, 0.3) is 0 Å². The van der Waals surface area contributed by atoms with Crippen LogP contribution in [0.5, 0.6) is 0 Å². The van der Waals surface area contributed by atoms with Crippen LogP contribution in [0.2, 0.25) is 0 Å². The second-order valence-corrected chi connectivity index (χ2v) is 4.17. The van der Waals surface area contributed by atoms with Gasteiger partial charge in [-0.1, -0.05) is 0 Å². The van der Waals surface area contributed by atoms with E-state index in [-0.39, 0.29) is 11.9 Å². The number of hydrogen-bond donors (Lipinski definition) is 0. The van der Waals surface area contributed by atoms with Crippen LogP contribution >= 0.6 is 0 Å². The van der Waals surface area contributed by atoms with Crippen molar-refractivity contribution in [1.29, 1.82) is 0 Å². The van der Waals surface area contributed by atoms with Crippen LogP contribution < -0.4 is 0 Å².